The average Bonchev–Trinajstić information content (AvgIpc) is 2.45. The van der Waals surface area contributed by atoms with E-state index in [0.29, 0.717) is 17.1 Å². The molecule has 110 valence electrons. The summed E-state index contributed by atoms with van der Waals surface area (Å²) in [5, 5.41) is 9.11. The van der Waals surface area contributed by atoms with E-state index in [1.54, 1.807) is 18.6 Å². The number of anilines is 1. The number of pyridine rings is 1. The summed E-state index contributed by atoms with van der Waals surface area (Å²) in [6.45, 7) is 3.90. The number of nitrogens with two attached hydrogens (primary N) is 1. The molecule has 21 heavy (non-hydrogen) atoms. The molecule has 6 nitrogen and oxygen atoms in total. The third-order valence-electron chi connectivity index (χ3n) is 3.62. The van der Waals surface area contributed by atoms with Gasteiger partial charge in [-0.15, -0.1) is 0 Å². The van der Waals surface area contributed by atoms with Crippen LogP contribution < -0.4 is 10.6 Å². The van der Waals surface area contributed by atoms with E-state index in [0.717, 1.165) is 30.7 Å². The molecule has 0 radical (unpaired) electrons. The minimum Gasteiger partial charge on any atom is -0.367 e. The standard InChI is InChI=1S/C14H16N6.CH4/c1-9-4-10(16)8-20(7-9)12-6-19-11(5-15)13-14(12)18-3-2-17-13;/h2-3,6,9-10H,4,7-8,16H2,1H3;1H4. The van der Waals surface area contributed by atoms with Crippen LogP contribution in [0, 0.1) is 17.2 Å². The van der Waals surface area contributed by atoms with Gasteiger partial charge in [-0.3, -0.25) is 4.98 Å². The van der Waals surface area contributed by atoms with Crippen LogP contribution in [0.4, 0.5) is 5.69 Å². The van der Waals surface area contributed by atoms with E-state index in [1.807, 2.05) is 0 Å². The van der Waals surface area contributed by atoms with Crippen LogP contribution in [-0.2, 0) is 0 Å². The Bertz CT molecular complexity index is 667. The highest BCUT2D eigenvalue weighted by Gasteiger charge is 2.24. The molecule has 1 fully saturated rings. The largest absolute Gasteiger partial charge is 0.367 e. The lowest BCUT2D eigenvalue weighted by Crippen LogP contribution is -2.46. The summed E-state index contributed by atoms with van der Waals surface area (Å²) < 4.78 is 0. The second-order valence-electron chi connectivity index (χ2n) is 5.36. The highest BCUT2D eigenvalue weighted by atomic mass is 15.2. The summed E-state index contributed by atoms with van der Waals surface area (Å²) in [6, 6.07) is 2.21. The lowest BCUT2D eigenvalue weighted by atomic mass is 9.96. The molecule has 0 bridgehead atoms. The van der Waals surface area contributed by atoms with Gasteiger partial charge in [0.1, 0.15) is 17.1 Å². The molecule has 1 saturated heterocycles. The average molecular weight is 284 g/mol. The molecule has 1 aliphatic rings. The maximum Gasteiger partial charge on any atom is 0.168 e. The van der Waals surface area contributed by atoms with E-state index >= 15 is 0 Å². The quantitative estimate of drug-likeness (QED) is 0.857. The zero-order valence-corrected chi connectivity index (χ0v) is 11.3. The molecule has 2 atom stereocenters. The third kappa shape index (κ3) is 2.78. The van der Waals surface area contributed by atoms with E-state index in [1.165, 1.54) is 0 Å². The summed E-state index contributed by atoms with van der Waals surface area (Å²) in [5.74, 6) is 0.529. The Morgan fingerprint density at radius 3 is 2.62 bits per heavy atom. The Labute approximate surface area is 124 Å². The minimum atomic E-state index is 0. The van der Waals surface area contributed by atoms with Crippen molar-refractivity contribution in [2.24, 2.45) is 11.7 Å². The fraction of sp³-hybridized carbons (Fsp3) is 0.467. The smallest absolute Gasteiger partial charge is 0.168 e. The lowest BCUT2D eigenvalue weighted by Gasteiger charge is -2.36. The molecule has 0 spiro atoms. The van der Waals surface area contributed by atoms with Gasteiger partial charge in [-0.05, 0) is 12.3 Å². The zero-order chi connectivity index (χ0) is 14.1. The van der Waals surface area contributed by atoms with Gasteiger partial charge < -0.3 is 10.6 Å². The minimum absolute atomic E-state index is 0. The highest BCUT2D eigenvalue weighted by molar-refractivity contribution is 5.90. The van der Waals surface area contributed by atoms with Crippen LogP contribution in [0.1, 0.15) is 26.5 Å². The van der Waals surface area contributed by atoms with Crippen molar-refractivity contribution in [1.29, 1.82) is 5.26 Å². The predicted molar refractivity (Wildman–Crippen MR) is 82.7 cm³/mol. The molecule has 6 heteroatoms. The van der Waals surface area contributed by atoms with Crippen molar-refractivity contribution < 1.29 is 0 Å². The van der Waals surface area contributed by atoms with Crippen molar-refractivity contribution in [1.82, 2.24) is 15.0 Å². The number of nitriles is 1. The molecule has 3 heterocycles. The number of piperidine rings is 1. The molecule has 1 aliphatic heterocycles. The second-order valence-corrected chi connectivity index (χ2v) is 5.36. The van der Waals surface area contributed by atoms with Crippen molar-refractivity contribution in [2.45, 2.75) is 26.8 Å². The van der Waals surface area contributed by atoms with Gasteiger partial charge in [-0.2, -0.15) is 5.26 Å². The fourth-order valence-electron chi connectivity index (χ4n) is 2.86. The fourth-order valence-corrected chi connectivity index (χ4v) is 2.86. The first-order valence-corrected chi connectivity index (χ1v) is 6.69. The first-order chi connectivity index (χ1) is 9.69. The van der Waals surface area contributed by atoms with E-state index in [-0.39, 0.29) is 13.5 Å². The van der Waals surface area contributed by atoms with Crippen molar-refractivity contribution >= 4 is 16.7 Å². The van der Waals surface area contributed by atoms with Gasteiger partial charge in [0.05, 0.1) is 11.9 Å². The summed E-state index contributed by atoms with van der Waals surface area (Å²) in [5.41, 5.74) is 8.60. The van der Waals surface area contributed by atoms with Crippen molar-refractivity contribution in [3.8, 4) is 6.07 Å². The van der Waals surface area contributed by atoms with Crippen LogP contribution in [0.25, 0.3) is 11.0 Å². The van der Waals surface area contributed by atoms with Gasteiger partial charge >= 0.3 is 0 Å². The Morgan fingerprint density at radius 2 is 1.95 bits per heavy atom. The molecule has 0 aromatic carbocycles. The second kappa shape index (κ2) is 6.02. The van der Waals surface area contributed by atoms with Gasteiger partial charge in [0.25, 0.3) is 0 Å². The predicted octanol–water partition coefficient (Wildman–Crippen LogP) is 1.71. The lowest BCUT2D eigenvalue weighted by molar-refractivity contribution is 0.402. The van der Waals surface area contributed by atoms with Crippen molar-refractivity contribution in [2.75, 3.05) is 18.0 Å². The summed E-state index contributed by atoms with van der Waals surface area (Å²) in [7, 11) is 0. The number of hydrogen-bond acceptors (Lipinski definition) is 6. The van der Waals surface area contributed by atoms with Crippen LogP contribution in [0.3, 0.4) is 0 Å². The van der Waals surface area contributed by atoms with Gasteiger partial charge in [0.2, 0.25) is 0 Å². The number of nitrogens with zero attached hydrogens (tertiary/aromatic N) is 5. The van der Waals surface area contributed by atoms with Gasteiger partial charge in [0, 0.05) is 31.5 Å². The van der Waals surface area contributed by atoms with E-state index < -0.39 is 0 Å². The van der Waals surface area contributed by atoms with Crippen LogP contribution >= 0.6 is 0 Å². The Morgan fingerprint density at radius 1 is 1.24 bits per heavy atom. The normalized spacial score (nSPS) is 21.7. The highest BCUT2D eigenvalue weighted by Crippen LogP contribution is 2.28. The Hall–Kier alpha value is -2.26. The number of aromatic nitrogens is 3. The number of hydrogen-bond donors (Lipinski definition) is 1. The monoisotopic (exact) mass is 284 g/mol. The summed E-state index contributed by atoms with van der Waals surface area (Å²) in [4.78, 5) is 15.0. The Balaban J connectivity index is 0.00000161. The SMILES string of the molecule is C.CC1CC(N)CN(c2cnc(C#N)c3nccnc23)C1. The molecule has 0 amide bonds. The maximum atomic E-state index is 9.11. The molecule has 2 aromatic rings. The molecular formula is C15H20N6. The molecule has 2 N–H and O–H groups in total. The van der Waals surface area contributed by atoms with Crippen LogP contribution in [0.2, 0.25) is 0 Å². The van der Waals surface area contributed by atoms with Gasteiger partial charge in [0.15, 0.2) is 5.69 Å². The number of fused-ring (bicyclic) bond motifs is 1. The van der Waals surface area contributed by atoms with Crippen LogP contribution in [0.15, 0.2) is 18.6 Å². The molecule has 2 aromatic heterocycles. The van der Waals surface area contributed by atoms with Gasteiger partial charge in [-0.25, -0.2) is 9.97 Å². The molecule has 3 rings (SSSR count). The maximum absolute atomic E-state index is 9.11. The summed E-state index contributed by atoms with van der Waals surface area (Å²) in [6.07, 6.45) is 5.96. The van der Waals surface area contributed by atoms with Crippen LogP contribution in [0.5, 0.6) is 0 Å². The van der Waals surface area contributed by atoms with E-state index in [9.17, 15) is 0 Å². The van der Waals surface area contributed by atoms with Crippen LogP contribution in [-0.4, -0.2) is 34.1 Å². The first-order valence-electron chi connectivity index (χ1n) is 6.69. The molecular weight excluding hydrogens is 264 g/mol. The molecule has 0 aliphatic carbocycles. The molecule has 2 unspecified atom stereocenters. The molecule has 0 saturated carbocycles. The van der Waals surface area contributed by atoms with Crippen molar-refractivity contribution in [3.63, 3.8) is 0 Å². The first kappa shape index (κ1) is 15.1. The Kier molecular flexibility index (Phi) is 4.34. The topological polar surface area (TPSA) is 91.7 Å². The summed E-state index contributed by atoms with van der Waals surface area (Å²) >= 11 is 0. The van der Waals surface area contributed by atoms with Gasteiger partial charge in [-0.1, -0.05) is 14.4 Å². The van der Waals surface area contributed by atoms with E-state index in [2.05, 4.69) is 32.8 Å². The van der Waals surface area contributed by atoms with E-state index in [4.69, 9.17) is 11.0 Å². The van der Waals surface area contributed by atoms with Crippen molar-refractivity contribution in [3.05, 3.63) is 24.3 Å². The zero-order valence-electron chi connectivity index (χ0n) is 11.3. The third-order valence-corrected chi connectivity index (χ3v) is 3.62. The number of rotatable bonds is 1.